The standard InChI is InChI=1S/C17H17BrN2O2/c1-3-4-7-22-16-6-5-12(18)9-14(16)13-8-11(2)20-17(21)15(13)10-19/h5-6,8-9H,3-4,7H2,1-2H3,(H,20,21). The number of rotatable bonds is 5. The predicted octanol–water partition coefficient (Wildman–Crippen LogP) is 4.16. The van der Waals surface area contributed by atoms with Gasteiger partial charge >= 0.3 is 0 Å². The van der Waals surface area contributed by atoms with Gasteiger partial charge < -0.3 is 9.72 Å². The Balaban J connectivity index is 2.59. The fraction of sp³-hybridized carbons (Fsp3) is 0.294. The largest absolute Gasteiger partial charge is 0.493 e. The van der Waals surface area contributed by atoms with Crippen LogP contribution in [-0.2, 0) is 0 Å². The number of nitrogens with one attached hydrogen (secondary N) is 1. The van der Waals surface area contributed by atoms with E-state index in [1.165, 1.54) is 0 Å². The maximum atomic E-state index is 12.0. The minimum Gasteiger partial charge on any atom is -0.493 e. The Labute approximate surface area is 137 Å². The van der Waals surface area contributed by atoms with Crippen LogP contribution in [0, 0.1) is 18.3 Å². The molecule has 0 aliphatic heterocycles. The molecule has 0 radical (unpaired) electrons. The molecule has 0 spiro atoms. The number of aromatic nitrogens is 1. The molecule has 1 aromatic heterocycles. The third-order valence-corrected chi connectivity index (χ3v) is 3.76. The molecule has 1 heterocycles. The van der Waals surface area contributed by atoms with E-state index in [9.17, 15) is 10.1 Å². The molecule has 114 valence electrons. The van der Waals surface area contributed by atoms with Crippen LogP contribution in [0.2, 0.25) is 0 Å². The first-order valence-electron chi connectivity index (χ1n) is 7.13. The molecule has 4 nitrogen and oxygen atoms in total. The zero-order valence-electron chi connectivity index (χ0n) is 12.6. The van der Waals surface area contributed by atoms with Gasteiger partial charge in [0.1, 0.15) is 17.4 Å². The average Bonchev–Trinajstić information content (AvgIpc) is 2.48. The molecule has 0 bridgehead atoms. The van der Waals surface area contributed by atoms with Crippen molar-refractivity contribution >= 4 is 15.9 Å². The number of H-pyrrole nitrogens is 1. The fourth-order valence-electron chi connectivity index (χ4n) is 2.18. The van der Waals surface area contributed by atoms with Gasteiger partial charge in [-0.25, -0.2) is 0 Å². The molecular formula is C17H17BrN2O2. The van der Waals surface area contributed by atoms with Crippen molar-refractivity contribution in [1.29, 1.82) is 5.26 Å². The van der Waals surface area contributed by atoms with Crippen molar-refractivity contribution in [1.82, 2.24) is 4.98 Å². The number of hydrogen-bond acceptors (Lipinski definition) is 3. The molecule has 22 heavy (non-hydrogen) atoms. The number of hydrogen-bond donors (Lipinski definition) is 1. The Kier molecular flexibility index (Phi) is 5.40. The SMILES string of the molecule is CCCCOc1ccc(Br)cc1-c1cc(C)[nH]c(=O)c1C#N. The summed E-state index contributed by atoms with van der Waals surface area (Å²) in [5.74, 6) is 0.679. The Morgan fingerprint density at radius 2 is 2.09 bits per heavy atom. The van der Waals surface area contributed by atoms with Crippen LogP contribution >= 0.6 is 15.9 Å². The number of halogens is 1. The number of aryl methyl sites for hydroxylation is 1. The van der Waals surface area contributed by atoms with E-state index >= 15 is 0 Å². The third kappa shape index (κ3) is 3.58. The minimum atomic E-state index is -0.378. The summed E-state index contributed by atoms with van der Waals surface area (Å²) in [7, 11) is 0. The molecule has 0 fully saturated rings. The maximum Gasteiger partial charge on any atom is 0.266 e. The number of ether oxygens (including phenoxy) is 1. The van der Waals surface area contributed by atoms with E-state index in [1.54, 1.807) is 13.0 Å². The zero-order chi connectivity index (χ0) is 16.1. The molecule has 0 unspecified atom stereocenters. The van der Waals surface area contributed by atoms with E-state index in [-0.39, 0.29) is 11.1 Å². The molecule has 0 aliphatic rings. The van der Waals surface area contributed by atoms with Crippen molar-refractivity contribution in [2.45, 2.75) is 26.7 Å². The smallest absolute Gasteiger partial charge is 0.266 e. The molecule has 0 aliphatic carbocycles. The van der Waals surface area contributed by atoms with Gasteiger partial charge in [0, 0.05) is 21.3 Å². The van der Waals surface area contributed by atoms with Crippen LogP contribution in [0.5, 0.6) is 5.75 Å². The summed E-state index contributed by atoms with van der Waals surface area (Å²) in [5, 5.41) is 9.30. The predicted molar refractivity (Wildman–Crippen MR) is 90.1 cm³/mol. The summed E-state index contributed by atoms with van der Waals surface area (Å²) in [6.45, 7) is 4.50. The van der Waals surface area contributed by atoms with Gasteiger partial charge in [0.05, 0.1) is 6.61 Å². The Morgan fingerprint density at radius 1 is 1.32 bits per heavy atom. The van der Waals surface area contributed by atoms with Gasteiger partial charge in [-0.2, -0.15) is 5.26 Å². The van der Waals surface area contributed by atoms with E-state index in [4.69, 9.17) is 4.74 Å². The topological polar surface area (TPSA) is 65.9 Å². The molecule has 5 heteroatoms. The first-order chi connectivity index (χ1) is 10.6. The number of pyridine rings is 1. The number of unbranched alkanes of at least 4 members (excludes halogenated alkanes) is 1. The molecule has 2 rings (SSSR count). The maximum absolute atomic E-state index is 12.0. The molecule has 2 aromatic rings. The second-order valence-electron chi connectivity index (χ2n) is 5.02. The molecule has 0 saturated heterocycles. The second-order valence-corrected chi connectivity index (χ2v) is 5.94. The van der Waals surface area contributed by atoms with Crippen LogP contribution in [0.15, 0.2) is 33.5 Å². The summed E-state index contributed by atoms with van der Waals surface area (Å²) < 4.78 is 6.69. The normalized spacial score (nSPS) is 10.3. The van der Waals surface area contributed by atoms with Crippen LogP contribution in [0.4, 0.5) is 0 Å². The highest BCUT2D eigenvalue weighted by Gasteiger charge is 2.15. The summed E-state index contributed by atoms with van der Waals surface area (Å²) in [6, 6.07) is 9.40. The summed E-state index contributed by atoms with van der Waals surface area (Å²) >= 11 is 3.43. The Bertz CT molecular complexity index is 775. The van der Waals surface area contributed by atoms with Crippen LogP contribution < -0.4 is 10.3 Å². The van der Waals surface area contributed by atoms with Gasteiger partial charge in [-0.15, -0.1) is 0 Å². The minimum absolute atomic E-state index is 0.101. The van der Waals surface area contributed by atoms with Gasteiger partial charge in [0.15, 0.2) is 0 Å². The monoisotopic (exact) mass is 360 g/mol. The number of aromatic amines is 1. The molecule has 1 N–H and O–H groups in total. The lowest BCUT2D eigenvalue weighted by Crippen LogP contribution is -2.13. The van der Waals surface area contributed by atoms with Gasteiger partial charge in [0.2, 0.25) is 0 Å². The van der Waals surface area contributed by atoms with Crippen LogP contribution in [-0.4, -0.2) is 11.6 Å². The third-order valence-electron chi connectivity index (χ3n) is 3.27. The van der Waals surface area contributed by atoms with E-state index in [0.717, 1.165) is 22.9 Å². The van der Waals surface area contributed by atoms with Crippen molar-refractivity contribution in [3.63, 3.8) is 0 Å². The lowest BCUT2D eigenvalue weighted by Gasteiger charge is -2.13. The van der Waals surface area contributed by atoms with E-state index in [1.807, 2.05) is 24.3 Å². The van der Waals surface area contributed by atoms with Gasteiger partial charge in [-0.3, -0.25) is 4.79 Å². The van der Waals surface area contributed by atoms with Crippen molar-refractivity contribution in [3.05, 3.63) is 50.3 Å². The molecule has 0 amide bonds. The van der Waals surface area contributed by atoms with Crippen molar-refractivity contribution in [3.8, 4) is 22.9 Å². The molecule has 0 saturated carbocycles. The van der Waals surface area contributed by atoms with Gasteiger partial charge in [-0.1, -0.05) is 29.3 Å². The summed E-state index contributed by atoms with van der Waals surface area (Å²) in [4.78, 5) is 14.6. The van der Waals surface area contributed by atoms with Gasteiger partial charge in [0.25, 0.3) is 5.56 Å². The first kappa shape index (κ1) is 16.3. The van der Waals surface area contributed by atoms with Gasteiger partial charge in [-0.05, 0) is 37.6 Å². The number of nitriles is 1. The Hall–Kier alpha value is -2.06. The van der Waals surface area contributed by atoms with E-state index in [2.05, 4.69) is 27.8 Å². The van der Waals surface area contributed by atoms with Crippen molar-refractivity contribution < 1.29 is 4.74 Å². The molecule has 0 atom stereocenters. The van der Waals surface area contributed by atoms with E-state index < -0.39 is 0 Å². The Morgan fingerprint density at radius 3 is 2.77 bits per heavy atom. The van der Waals surface area contributed by atoms with Crippen molar-refractivity contribution in [2.75, 3.05) is 6.61 Å². The van der Waals surface area contributed by atoms with Crippen LogP contribution in [0.3, 0.4) is 0 Å². The fourth-order valence-corrected chi connectivity index (χ4v) is 2.54. The summed E-state index contributed by atoms with van der Waals surface area (Å²) in [5.41, 5.74) is 1.77. The second kappa shape index (κ2) is 7.28. The average molecular weight is 361 g/mol. The van der Waals surface area contributed by atoms with Crippen LogP contribution in [0.25, 0.3) is 11.1 Å². The highest BCUT2D eigenvalue weighted by Crippen LogP contribution is 2.34. The highest BCUT2D eigenvalue weighted by atomic mass is 79.9. The quantitative estimate of drug-likeness (QED) is 0.813. The lowest BCUT2D eigenvalue weighted by atomic mass is 10.00. The highest BCUT2D eigenvalue weighted by molar-refractivity contribution is 9.10. The number of nitrogens with zero attached hydrogens (tertiary/aromatic N) is 1. The zero-order valence-corrected chi connectivity index (χ0v) is 14.2. The van der Waals surface area contributed by atoms with Crippen LogP contribution in [0.1, 0.15) is 31.0 Å². The lowest BCUT2D eigenvalue weighted by molar-refractivity contribution is 0.310. The number of benzene rings is 1. The first-order valence-corrected chi connectivity index (χ1v) is 7.93. The van der Waals surface area contributed by atoms with E-state index in [0.29, 0.717) is 23.6 Å². The molecule has 1 aromatic carbocycles. The van der Waals surface area contributed by atoms with Crippen molar-refractivity contribution in [2.24, 2.45) is 0 Å². The molecular weight excluding hydrogens is 344 g/mol. The summed E-state index contributed by atoms with van der Waals surface area (Å²) in [6.07, 6.45) is 1.99.